The van der Waals surface area contributed by atoms with E-state index in [4.69, 9.17) is 4.74 Å². The van der Waals surface area contributed by atoms with E-state index in [0.717, 1.165) is 31.5 Å². The third kappa shape index (κ3) is 5.94. The summed E-state index contributed by atoms with van der Waals surface area (Å²) < 4.78 is 47.4. The summed E-state index contributed by atoms with van der Waals surface area (Å²) >= 11 is 0. The molecule has 0 amide bonds. The lowest BCUT2D eigenvalue weighted by Gasteiger charge is -2.25. The number of nitrogens with one attached hydrogen (secondary N) is 1. The Morgan fingerprint density at radius 1 is 1.09 bits per heavy atom. The van der Waals surface area contributed by atoms with Gasteiger partial charge in [-0.15, -0.1) is 13.2 Å². The quantitative estimate of drug-likeness (QED) is 0.882. The Hall–Kier alpha value is -1.43. The first-order valence-electron chi connectivity index (χ1n) is 7.87. The largest absolute Gasteiger partial charge is 0.573 e. The zero-order chi connectivity index (χ0) is 17.1. The van der Waals surface area contributed by atoms with Gasteiger partial charge in [-0.2, -0.15) is 0 Å². The smallest absolute Gasteiger partial charge is 0.489 e. The van der Waals surface area contributed by atoms with Gasteiger partial charge in [0.05, 0.1) is 6.61 Å². The maximum Gasteiger partial charge on any atom is 0.573 e. The SMILES string of the molecule is CC(C)(C)COc1cc(C2CCNCC2)ccc1OC(F)(F)F. The van der Waals surface area contributed by atoms with Crippen LogP contribution in [0.3, 0.4) is 0 Å². The summed E-state index contributed by atoms with van der Waals surface area (Å²) in [6.45, 7) is 8.06. The van der Waals surface area contributed by atoms with E-state index in [0.29, 0.717) is 12.5 Å². The van der Waals surface area contributed by atoms with Crippen molar-refractivity contribution in [1.29, 1.82) is 0 Å². The van der Waals surface area contributed by atoms with Crippen LogP contribution in [0.5, 0.6) is 11.5 Å². The Kier molecular flexibility index (Phi) is 5.45. The second-order valence-corrected chi connectivity index (χ2v) is 7.13. The predicted molar refractivity (Wildman–Crippen MR) is 82.9 cm³/mol. The van der Waals surface area contributed by atoms with Crippen molar-refractivity contribution in [2.45, 2.75) is 45.9 Å². The average Bonchev–Trinajstić information content (AvgIpc) is 2.45. The summed E-state index contributed by atoms with van der Waals surface area (Å²) in [6.07, 6.45) is -2.79. The molecule has 1 aliphatic heterocycles. The summed E-state index contributed by atoms with van der Waals surface area (Å²) in [6, 6.07) is 4.77. The summed E-state index contributed by atoms with van der Waals surface area (Å²) in [4.78, 5) is 0. The fourth-order valence-electron chi connectivity index (χ4n) is 2.55. The Balaban J connectivity index is 2.23. The molecule has 3 nitrogen and oxygen atoms in total. The number of hydrogen-bond acceptors (Lipinski definition) is 3. The van der Waals surface area contributed by atoms with E-state index in [9.17, 15) is 13.2 Å². The number of alkyl halides is 3. The average molecular weight is 331 g/mol. The molecule has 1 N–H and O–H groups in total. The summed E-state index contributed by atoms with van der Waals surface area (Å²) in [5.74, 6) is 0.223. The van der Waals surface area contributed by atoms with E-state index in [-0.39, 0.29) is 16.9 Å². The minimum Gasteiger partial charge on any atom is -0.489 e. The first-order valence-corrected chi connectivity index (χ1v) is 7.87. The van der Waals surface area contributed by atoms with Crippen LogP contribution >= 0.6 is 0 Å². The van der Waals surface area contributed by atoms with E-state index in [1.807, 2.05) is 20.8 Å². The summed E-state index contributed by atoms with van der Waals surface area (Å²) in [5, 5.41) is 3.28. The van der Waals surface area contributed by atoms with Crippen LogP contribution in [-0.4, -0.2) is 26.1 Å². The van der Waals surface area contributed by atoms with E-state index < -0.39 is 6.36 Å². The first kappa shape index (κ1) is 17.9. The molecule has 1 aliphatic rings. The van der Waals surface area contributed by atoms with Gasteiger partial charge >= 0.3 is 6.36 Å². The molecule has 0 aliphatic carbocycles. The molecule has 0 radical (unpaired) electrons. The molecule has 0 aromatic heterocycles. The minimum atomic E-state index is -4.73. The van der Waals surface area contributed by atoms with E-state index in [1.165, 1.54) is 6.07 Å². The Bertz CT molecular complexity index is 518. The Morgan fingerprint density at radius 3 is 2.30 bits per heavy atom. The molecule has 2 rings (SSSR count). The Morgan fingerprint density at radius 2 is 1.74 bits per heavy atom. The molecule has 0 unspecified atom stereocenters. The monoisotopic (exact) mass is 331 g/mol. The molecule has 1 heterocycles. The van der Waals surface area contributed by atoms with Crippen molar-refractivity contribution in [1.82, 2.24) is 5.32 Å². The summed E-state index contributed by atoms with van der Waals surface area (Å²) in [7, 11) is 0. The zero-order valence-corrected chi connectivity index (χ0v) is 13.8. The normalized spacial score (nSPS) is 17.1. The van der Waals surface area contributed by atoms with Crippen LogP contribution < -0.4 is 14.8 Å². The number of benzene rings is 1. The number of hydrogen-bond donors (Lipinski definition) is 1. The molecular weight excluding hydrogens is 307 g/mol. The lowest BCUT2D eigenvalue weighted by molar-refractivity contribution is -0.275. The van der Waals surface area contributed by atoms with E-state index in [2.05, 4.69) is 10.1 Å². The van der Waals surface area contributed by atoms with Crippen molar-refractivity contribution in [3.63, 3.8) is 0 Å². The number of halogens is 3. The standard InChI is InChI=1S/C17H24F3NO2/c1-16(2,3)11-22-15-10-13(12-6-8-21-9-7-12)4-5-14(15)23-17(18,19)20/h4-5,10,12,21H,6-9,11H2,1-3H3. The van der Waals surface area contributed by atoms with Gasteiger partial charge in [0.2, 0.25) is 0 Å². The molecule has 0 atom stereocenters. The van der Waals surface area contributed by atoms with Crippen LogP contribution in [0, 0.1) is 5.41 Å². The van der Waals surface area contributed by atoms with Gasteiger partial charge in [0, 0.05) is 0 Å². The second kappa shape index (κ2) is 6.99. The van der Waals surface area contributed by atoms with Gasteiger partial charge in [0.25, 0.3) is 0 Å². The number of ether oxygens (including phenoxy) is 2. The minimum absolute atomic E-state index is 0.153. The molecule has 1 aromatic rings. The maximum atomic E-state index is 12.6. The highest BCUT2D eigenvalue weighted by atomic mass is 19.4. The van der Waals surface area contributed by atoms with Crippen molar-refractivity contribution >= 4 is 0 Å². The van der Waals surface area contributed by atoms with Crippen molar-refractivity contribution in [3.05, 3.63) is 23.8 Å². The van der Waals surface area contributed by atoms with Gasteiger partial charge in [-0.3, -0.25) is 0 Å². The fraction of sp³-hybridized carbons (Fsp3) is 0.647. The highest BCUT2D eigenvalue weighted by Crippen LogP contribution is 2.37. The molecule has 6 heteroatoms. The van der Waals surface area contributed by atoms with Gasteiger partial charge in [0.1, 0.15) is 0 Å². The van der Waals surface area contributed by atoms with Crippen LogP contribution in [-0.2, 0) is 0 Å². The third-order valence-electron chi connectivity index (χ3n) is 3.66. The lowest BCUT2D eigenvalue weighted by Crippen LogP contribution is -2.26. The van der Waals surface area contributed by atoms with Crippen LogP contribution in [0.2, 0.25) is 0 Å². The van der Waals surface area contributed by atoms with Crippen molar-refractivity contribution in [2.75, 3.05) is 19.7 Å². The molecule has 0 bridgehead atoms. The molecule has 0 saturated carbocycles. The first-order chi connectivity index (χ1) is 10.6. The van der Waals surface area contributed by atoms with E-state index >= 15 is 0 Å². The summed E-state index contributed by atoms with van der Waals surface area (Å²) in [5.41, 5.74) is 0.852. The molecule has 23 heavy (non-hydrogen) atoms. The predicted octanol–water partition coefficient (Wildman–Crippen LogP) is 4.48. The number of rotatable bonds is 4. The van der Waals surface area contributed by atoms with Crippen LogP contribution in [0.25, 0.3) is 0 Å². The van der Waals surface area contributed by atoms with Crippen LogP contribution in [0.1, 0.15) is 45.1 Å². The van der Waals surface area contributed by atoms with Crippen LogP contribution in [0.4, 0.5) is 13.2 Å². The molecular formula is C17H24F3NO2. The van der Waals surface area contributed by atoms with Gasteiger partial charge in [-0.05, 0) is 55.0 Å². The van der Waals surface area contributed by atoms with Gasteiger partial charge in [-0.1, -0.05) is 26.8 Å². The third-order valence-corrected chi connectivity index (χ3v) is 3.66. The topological polar surface area (TPSA) is 30.5 Å². The highest BCUT2D eigenvalue weighted by molar-refractivity contribution is 5.44. The molecule has 0 spiro atoms. The van der Waals surface area contributed by atoms with E-state index in [1.54, 1.807) is 12.1 Å². The zero-order valence-electron chi connectivity index (χ0n) is 13.8. The van der Waals surface area contributed by atoms with Gasteiger partial charge in [-0.25, -0.2) is 0 Å². The van der Waals surface area contributed by atoms with Gasteiger partial charge in [0.15, 0.2) is 11.5 Å². The molecule has 1 fully saturated rings. The Labute approximate surface area is 135 Å². The van der Waals surface area contributed by atoms with Crippen LogP contribution in [0.15, 0.2) is 18.2 Å². The fourth-order valence-corrected chi connectivity index (χ4v) is 2.55. The van der Waals surface area contributed by atoms with Gasteiger partial charge < -0.3 is 14.8 Å². The maximum absolute atomic E-state index is 12.6. The van der Waals surface area contributed by atoms with Crippen molar-refractivity contribution in [2.24, 2.45) is 5.41 Å². The number of piperidine rings is 1. The van der Waals surface area contributed by atoms with Crippen molar-refractivity contribution < 1.29 is 22.6 Å². The van der Waals surface area contributed by atoms with Crippen molar-refractivity contribution in [3.8, 4) is 11.5 Å². The molecule has 1 saturated heterocycles. The lowest BCUT2D eigenvalue weighted by atomic mass is 9.90. The molecule has 1 aromatic carbocycles. The molecule has 130 valence electrons. The second-order valence-electron chi connectivity index (χ2n) is 7.13. The highest BCUT2D eigenvalue weighted by Gasteiger charge is 2.33.